The number of hydrogen-bond donors (Lipinski definition) is 2. The SMILES string of the molecule is Cn1ccc2c(=O)n(CC3(O)CCN(C(=O)[C@@H]4CCN(C(=O)c5cc(OC(N)=O)c(Br)s5)C[C@H]4c4ccccc4)CC3)cnc21. The Hall–Kier alpha value is -4.01. The molecule has 5 heterocycles. The van der Waals surface area contributed by atoms with Crippen molar-refractivity contribution in [3.63, 3.8) is 0 Å². The van der Waals surface area contributed by atoms with E-state index in [9.17, 15) is 24.3 Å². The van der Waals surface area contributed by atoms with E-state index in [1.54, 1.807) is 26.6 Å². The van der Waals surface area contributed by atoms with Crippen molar-refractivity contribution in [3.8, 4) is 5.75 Å². The number of fused-ring (bicyclic) bond motifs is 1. The minimum absolute atomic E-state index is 0.00134. The van der Waals surface area contributed by atoms with Crippen LogP contribution in [0.5, 0.6) is 5.75 Å². The van der Waals surface area contributed by atoms with Gasteiger partial charge in [-0.3, -0.25) is 19.0 Å². The first-order chi connectivity index (χ1) is 21.5. The number of piperidine rings is 2. The number of hydrogen-bond acceptors (Lipinski definition) is 8. The van der Waals surface area contributed by atoms with Gasteiger partial charge in [-0.2, -0.15) is 0 Å². The molecule has 0 radical (unpaired) electrons. The molecule has 4 aromatic rings. The Balaban J connectivity index is 1.15. The molecule has 2 aliphatic heterocycles. The number of halogens is 1. The number of rotatable bonds is 6. The fourth-order valence-corrected chi connectivity index (χ4v) is 7.90. The predicted molar refractivity (Wildman–Crippen MR) is 171 cm³/mol. The number of aliphatic hydroxyl groups is 1. The van der Waals surface area contributed by atoms with E-state index in [1.165, 1.54) is 17.0 Å². The van der Waals surface area contributed by atoms with Crippen LogP contribution in [0, 0.1) is 5.92 Å². The van der Waals surface area contributed by atoms with E-state index in [1.807, 2.05) is 37.4 Å². The minimum atomic E-state index is -1.15. The summed E-state index contributed by atoms with van der Waals surface area (Å²) < 4.78 is 8.70. The van der Waals surface area contributed by atoms with Crippen molar-refractivity contribution >= 4 is 56.2 Å². The highest BCUT2D eigenvalue weighted by Gasteiger charge is 2.42. The Kier molecular flexibility index (Phi) is 8.55. The van der Waals surface area contributed by atoms with E-state index in [0.717, 1.165) is 16.9 Å². The average molecular weight is 698 g/mol. The summed E-state index contributed by atoms with van der Waals surface area (Å²) in [6, 6.07) is 12.9. The second-order valence-electron chi connectivity index (χ2n) is 11.7. The maximum Gasteiger partial charge on any atom is 0.410 e. The van der Waals surface area contributed by atoms with E-state index >= 15 is 0 Å². The molecule has 3 aromatic heterocycles. The molecule has 14 heteroatoms. The van der Waals surface area contributed by atoms with E-state index in [-0.39, 0.29) is 41.5 Å². The maximum absolute atomic E-state index is 14.0. The number of primary amides is 1. The van der Waals surface area contributed by atoms with Crippen LogP contribution in [0.25, 0.3) is 11.0 Å². The minimum Gasteiger partial charge on any atom is -0.408 e. The van der Waals surface area contributed by atoms with Gasteiger partial charge in [0.25, 0.3) is 11.5 Å². The number of nitrogens with two attached hydrogens (primary N) is 1. The molecule has 2 saturated heterocycles. The number of amides is 3. The predicted octanol–water partition coefficient (Wildman–Crippen LogP) is 3.32. The number of aryl methyl sites for hydroxylation is 1. The molecule has 3 N–H and O–H groups in total. The number of aromatic nitrogens is 3. The number of carbonyl (C=O) groups excluding carboxylic acids is 3. The van der Waals surface area contributed by atoms with Crippen molar-refractivity contribution < 1.29 is 24.2 Å². The molecule has 0 saturated carbocycles. The molecule has 0 aliphatic carbocycles. The topological polar surface area (TPSA) is 153 Å². The summed E-state index contributed by atoms with van der Waals surface area (Å²) >= 11 is 4.48. The van der Waals surface area contributed by atoms with Gasteiger partial charge in [-0.05, 0) is 46.8 Å². The maximum atomic E-state index is 14.0. The smallest absolute Gasteiger partial charge is 0.408 e. The van der Waals surface area contributed by atoms with Gasteiger partial charge in [-0.1, -0.05) is 30.3 Å². The molecule has 2 atom stereocenters. The summed E-state index contributed by atoms with van der Waals surface area (Å²) in [5.41, 5.74) is 5.35. The highest BCUT2D eigenvalue weighted by molar-refractivity contribution is 9.11. The zero-order valence-corrected chi connectivity index (χ0v) is 27.0. The van der Waals surface area contributed by atoms with E-state index in [0.29, 0.717) is 65.1 Å². The number of ether oxygens (including phenoxy) is 1. The number of likely N-dealkylation sites (tertiary alicyclic amines) is 2. The number of nitrogens with zero attached hydrogens (tertiary/aromatic N) is 5. The molecule has 1 aromatic carbocycles. The average Bonchev–Trinajstić information content (AvgIpc) is 3.59. The van der Waals surface area contributed by atoms with E-state index in [2.05, 4.69) is 20.9 Å². The highest BCUT2D eigenvalue weighted by Crippen LogP contribution is 2.39. The van der Waals surface area contributed by atoms with Crippen molar-refractivity contribution in [1.29, 1.82) is 0 Å². The van der Waals surface area contributed by atoms with Gasteiger partial charge in [-0.15, -0.1) is 11.3 Å². The van der Waals surface area contributed by atoms with Crippen LogP contribution in [0.3, 0.4) is 0 Å². The van der Waals surface area contributed by atoms with Gasteiger partial charge in [0.15, 0.2) is 5.75 Å². The summed E-state index contributed by atoms with van der Waals surface area (Å²) in [6.45, 7) is 1.55. The lowest BCUT2D eigenvalue weighted by Crippen LogP contribution is -2.53. The highest BCUT2D eigenvalue weighted by atomic mass is 79.9. The summed E-state index contributed by atoms with van der Waals surface area (Å²) in [7, 11) is 1.82. The summed E-state index contributed by atoms with van der Waals surface area (Å²) in [4.78, 5) is 60.1. The van der Waals surface area contributed by atoms with Crippen LogP contribution in [0.1, 0.15) is 40.4 Å². The van der Waals surface area contributed by atoms with Crippen LogP contribution >= 0.6 is 27.3 Å². The summed E-state index contributed by atoms with van der Waals surface area (Å²) in [6.07, 6.45) is 3.42. The van der Waals surface area contributed by atoms with Crippen LogP contribution in [-0.4, -0.2) is 78.7 Å². The Morgan fingerprint density at radius 3 is 2.58 bits per heavy atom. The van der Waals surface area contributed by atoms with Gasteiger partial charge in [0, 0.05) is 57.3 Å². The molecule has 45 heavy (non-hydrogen) atoms. The standard InChI is InChI=1S/C31H33BrN6O6S/c1-35-11-7-21-26(35)34-18-38(28(21)40)17-31(43)9-13-36(14-10-31)27(39)20-8-12-37(16-22(20)19-5-3-2-4-6-19)29(41)24-15-23(25(32)45-24)44-30(33)42/h2-7,11,15,18,20,22,43H,8-10,12-14,16-17H2,1H3,(H2,33,42)/t20-,22+/m1/s1. The summed E-state index contributed by atoms with van der Waals surface area (Å²) in [5.74, 6) is -0.609. The Morgan fingerprint density at radius 2 is 1.87 bits per heavy atom. The second-order valence-corrected chi connectivity index (χ2v) is 14.1. The third-order valence-electron chi connectivity index (χ3n) is 8.84. The molecule has 0 bridgehead atoms. The van der Waals surface area contributed by atoms with Crippen molar-refractivity contribution in [1.82, 2.24) is 23.9 Å². The van der Waals surface area contributed by atoms with Crippen LogP contribution in [0.15, 0.2) is 63.6 Å². The van der Waals surface area contributed by atoms with Gasteiger partial charge < -0.3 is 29.9 Å². The zero-order valence-electron chi connectivity index (χ0n) is 24.6. The lowest BCUT2D eigenvalue weighted by Gasteiger charge is -2.43. The van der Waals surface area contributed by atoms with Gasteiger partial charge >= 0.3 is 6.09 Å². The van der Waals surface area contributed by atoms with Crippen LogP contribution in [0.2, 0.25) is 0 Å². The van der Waals surface area contributed by atoms with Gasteiger partial charge in [-0.25, -0.2) is 9.78 Å². The fourth-order valence-electron chi connectivity index (χ4n) is 6.41. The van der Waals surface area contributed by atoms with Crippen molar-refractivity contribution in [3.05, 3.63) is 79.6 Å². The normalized spacial score (nSPS) is 19.9. The molecule has 6 rings (SSSR count). The molecule has 0 unspecified atom stereocenters. The van der Waals surface area contributed by atoms with Crippen molar-refractivity contribution in [2.45, 2.75) is 37.3 Å². The van der Waals surface area contributed by atoms with Crippen LogP contribution in [0.4, 0.5) is 4.79 Å². The number of carbonyl (C=O) groups is 3. The Labute approximate surface area is 271 Å². The van der Waals surface area contributed by atoms with Crippen molar-refractivity contribution in [2.75, 3.05) is 26.2 Å². The third kappa shape index (κ3) is 6.26. The molecule has 3 amide bonds. The van der Waals surface area contributed by atoms with Crippen LogP contribution in [-0.2, 0) is 18.4 Å². The molecule has 236 valence electrons. The molecule has 0 spiro atoms. The number of thiophene rings is 1. The largest absolute Gasteiger partial charge is 0.410 e. The lowest BCUT2D eigenvalue weighted by molar-refractivity contribution is -0.142. The molecule has 2 aliphatic rings. The van der Waals surface area contributed by atoms with Gasteiger partial charge in [0.05, 0.1) is 22.4 Å². The first kappa shape index (κ1) is 31.0. The monoisotopic (exact) mass is 696 g/mol. The lowest BCUT2D eigenvalue weighted by atomic mass is 9.79. The van der Waals surface area contributed by atoms with Crippen molar-refractivity contribution in [2.24, 2.45) is 18.7 Å². The molecule has 12 nitrogen and oxygen atoms in total. The molecular weight excluding hydrogens is 664 g/mol. The van der Waals surface area contributed by atoms with Gasteiger partial charge in [0.2, 0.25) is 5.91 Å². The number of benzene rings is 1. The quantitative estimate of drug-likeness (QED) is 0.314. The first-order valence-electron chi connectivity index (χ1n) is 14.7. The second kappa shape index (κ2) is 12.4. The van der Waals surface area contributed by atoms with Gasteiger partial charge in [0.1, 0.15) is 15.8 Å². The van der Waals surface area contributed by atoms with Crippen LogP contribution < -0.4 is 16.0 Å². The zero-order chi connectivity index (χ0) is 31.9. The molecule has 2 fully saturated rings. The van der Waals surface area contributed by atoms with E-state index < -0.39 is 11.7 Å². The first-order valence-corrected chi connectivity index (χ1v) is 16.3. The third-order valence-corrected chi connectivity index (χ3v) is 10.6. The Bertz CT molecular complexity index is 1810. The fraction of sp³-hybridized carbons (Fsp3) is 0.387. The Morgan fingerprint density at radius 1 is 1.13 bits per heavy atom. The molecular formula is C31H33BrN6O6S. The van der Waals surface area contributed by atoms with E-state index in [4.69, 9.17) is 10.5 Å². The summed E-state index contributed by atoms with van der Waals surface area (Å²) in [5, 5.41) is 11.9.